The number of hydrogen-bond acceptors (Lipinski definition) is 6. The summed E-state index contributed by atoms with van der Waals surface area (Å²) in [5.74, 6) is 0.839. The van der Waals surface area contributed by atoms with Crippen molar-refractivity contribution in [3.05, 3.63) is 88.4 Å². The molecule has 4 rings (SSSR count). The first kappa shape index (κ1) is 22.4. The normalized spacial score (nSPS) is 10.8. The average Bonchev–Trinajstić information content (AvgIpc) is 3.41. The van der Waals surface area contributed by atoms with Crippen LogP contribution < -0.4 is 5.32 Å². The molecular formula is C23H20BrN5OS2. The van der Waals surface area contributed by atoms with Gasteiger partial charge in [-0.25, -0.2) is 4.98 Å². The smallest absolute Gasteiger partial charge is 0.236 e. The summed E-state index contributed by atoms with van der Waals surface area (Å²) in [6.45, 7) is 4.39. The van der Waals surface area contributed by atoms with Crippen molar-refractivity contribution in [3.8, 4) is 11.4 Å². The summed E-state index contributed by atoms with van der Waals surface area (Å²) in [5.41, 5.74) is 2.17. The van der Waals surface area contributed by atoms with Crippen LogP contribution in [0, 0.1) is 0 Å². The van der Waals surface area contributed by atoms with Gasteiger partial charge in [0.15, 0.2) is 16.1 Å². The Balaban J connectivity index is 1.36. The van der Waals surface area contributed by atoms with Crippen LogP contribution in [-0.2, 0) is 17.8 Å². The zero-order chi connectivity index (χ0) is 22.3. The second-order valence-electron chi connectivity index (χ2n) is 6.84. The Labute approximate surface area is 202 Å². The molecule has 2 aromatic carbocycles. The van der Waals surface area contributed by atoms with E-state index >= 15 is 0 Å². The molecule has 0 fully saturated rings. The lowest BCUT2D eigenvalue weighted by Gasteiger charge is -2.07. The minimum absolute atomic E-state index is 0.131. The zero-order valence-corrected chi connectivity index (χ0v) is 20.3. The molecule has 0 atom stereocenters. The van der Waals surface area contributed by atoms with Crippen molar-refractivity contribution in [2.45, 2.75) is 18.1 Å². The largest absolute Gasteiger partial charge is 0.301 e. The number of hydrogen-bond donors (Lipinski definition) is 1. The van der Waals surface area contributed by atoms with Gasteiger partial charge in [0.2, 0.25) is 5.91 Å². The van der Waals surface area contributed by atoms with Gasteiger partial charge >= 0.3 is 0 Å². The van der Waals surface area contributed by atoms with E-state index in [-0.39, 0.29) is 11.7 Å². The Morgan fingerprint density at radius 3 is 2.69 bits per heavy atom. The third-order valence-electron chi connectivity index (χ3n) is 4.48. The van der Waals surface area contributed by atoms with E-state index in [1.165, 1.54) is 28.7 Å². The molecule has 0 aliphatic carbocycles. The van der Waals surface area contributed by atoms with Crippen molar-refractivity contribution >= 4 is 50.1 Å². The van der Waals surface area contributed by atoms with E-state index in [1.54, 1.807) is 6.08 Å². The lowest BCUT2D eigenvalue weighted by molar-refractivity contribution is -0.113. The first-order valence-electron chi connectivity index (χ1n) is 9.83. The summed E-state index contributed by atoms with van der Waals surface area (Å²) in [7, 11) is 0. The van der Waals surface area contributed by atoms with Crippen LogP contribution in [0.4, 0.5) is 5.13 Å². The van der Waals surface area contributed by atoms with E-state index in [9.17, 15) is 4.79 Å². The van der Waals surface area contributed by atoms with E-state index in [2.05, 4.69) is 55.1 Å². The molecule has 1 amide bonds. The standard InChI is InChI=1S/C23H20BrN5OS2/c1-2-12-29-21(17-6-4-3-5-7-17)27-28-23(29)31-15-20(30)26-22-25-14-19(32-22)13-16-8-10-18(24)11-9-16/h2-11,14H,1,12-13,15H2,(H,25,26,30). The SMILES string of the molecule is C=CCn1c(SCC(=O)Nc2ncc(Cc3ccc(Br)cc3)s2)nnc1-c1ccccc1. The monoisotopic (exact) mass is 525 g/mol. The third-order valence-corrected chi connectivity index (χ3v) is 6.89. The van der Waals surface area contributed by atoms with E-state index in [0.29, 0.717) is 16.8 Å². The van der Waals surface area contributed by atoms with E-state index in [4.69, 9.17) is 0 Å². The van der Waals surface area contributed by atoms with Crippen LogP contribution in [0.15, 0.2) is 83.1 Å². The highest BCUT2D eigenvalue weighted by atomic mass is 79.9. The number of amides is 1. The van der Waals surface area contributed by atoms with Gasteiger partial charge in [0.1, 0.15) is 0 Å². The Morgan fingerprint density at radius 1 is 1.16 bits per heavy atom. The fourth-order valence-corrected chi connectivity index (χ4v) is 4.90. The predicted octanol–water partition coefficient (Wildman–Crippen LogP) is 5.67. The molecule has 6 nitrogen and oxygen atoms in total. The molecule has 0 radical (unpaired) electrons. The van der Waals surface area contributed by atoms with Gasteiger partial charge in [0.05, 0.1) is 5.75 Å². The Kier molecular flexibility index (Phi) is 7.51. The molecule has 0 saturated carbocycles. The van der Waals surface area contributed by atoms with Crippen LogP contribution in [0.2, 0.25) is 0 Å². The van der Waals surface area contributed by atoms with E-state index in [0.717, 1.165) is 27.2 Å². The number of anilines is 1. The molecule has 0 unspecified atom stereocenters. The maximum atomic E-state index is 12.5. The summed E-state index contributed by atoms with van der Waals surface area (Å²) < 4.78 is 3.01. The van der Waals surface area contributed by atoms with Gasteiger partial charge in [0.25, 0.3) is 0 Å². The lowest BCUT2D eigenvalue weighted by Crippen LogP contribution is -2.14. The zero-order valence-electron chi connectivity index (χ0n) is 17.1. The number of thiazole rings is 1. The summed E-state index contributed by atoms with van der Waals surface area (Å²) in [4.78, 5) is 17.9. The summed E-state index contributed by atoms with van der Waals surface area (Å²) in [6.07, 6.45) is 4.38. The van der Waals surface area contributed by atoms with Gasteiger partial charge in [-0.05, 0) is 17.7 Å². The molecule has 1 N–H and O–H groups in total. The molecule has 2 heterocycles. The molecule has 0 aliphatic heterocycles. The second kappa shape index (κ2) is 10.7. The van der Waals surface area contributed by atoms with Gasteiger partial charge < -0.3 is 5.32 Å². The minimum atomic E-state index is -0.131. The van der Waals surface area contributed by atoms with Crippen molar-refractivity contribution in [2.24, 2.45) is 0 Å². The van der Waals surface area contributed by atoms with Crippen molar-refractivity contribution < 1.29 is 4.79 Å². The maximum absolute atomic E-state index is 12.5. The van der Waals surface area contributed by atoms with Crippen molar-refractivity contribution in [1.82, 2.24) is 19.7 Å². The van der Waals surface area contributed by atoms with Crippen LogP contribution >= 0.6 is 39.0 Å². The Morgan fingerprint density at radius 2 is 1.94 bits per heavy atom. The number of carbonyl (C=O) groups is 1. The number of thioether (sulfide) groups is 1. The number of nitrogens with one attached hydrogen (secondary N) is 1. The minimum Gasteiger partial charge on any atom is -0.301 e. The van der Waals surface area contributed by atoms with Crippen molar-refractivity contribution in [1.29, 1.82) is 0 Å². The van der Waals surface area contributed by atoms with Crippen LogP contribution in [0.1, 0.15) is 10.4 Å². The van der Waals surface area contributed by atoms with Crippen LogP contribution in [0.5, 0.6) is 0 Å². The first-order chi connectivity index (χ1) is 15.6. The molecule has 2 aromatic heterocycles. The average molecular weight is 526 g/mol. The van der Waals surface area contributed by atoms with Gasteiger partial charge in [-0.15, -0.1) is 28.1 Å². The summed E-state index contributed by atoms with van der Waals surface area (Å²) >= 11 is 6.27. The molecule has 9 heteroatoms. The molecule has 0 bridgehead atoms. The lowest BCUT2D eigenvalue weighted by atomic mass is 10.1. The fraction of sp³-hybridized carbons (Fsp3) is 0.130. The first-order valence-corrected chi connectivity index (χ1v) is 12.4. The molecule has 0 saturated heterocycles. The van der Waals surface area contributed by atoms with Crippen LogP contribution in [0.25, 0.3) is 11.4 Å². The highest BCUT2D eigenvalue weighted by molar-refractivity contribution is 9.10. The number of halogens is 1. The third kappa shape index (κ3) is 5.73. The number of aromatic nitrogens is 4. The topological polar surface area (TPSA) is 72.7 Å². The number of nitrogens with zero attached hydrogens (tertiary/aromatic N) is 4. The van der Waals surface area contributed by atoms with Gasteiger partial charge in [-0.3, -0.25) is 9.36 Å². The second-order valence-corrected chi connectivity index (χ2v) is 9.82. The Bertz CT molecular complexity index is 1200. The number of allylic oxidation sites excluding steroid dienone is 1. The molecule has 0 spiro atoms. The number of benzene rings is 2. The summed E-state index contributed by atoms with van der Waals surface area (Å²) in [6, 6.07) is 18.0. The van der Waals surface area contributed by atoms with Crippen LogP contribution in [0.3, 0.4) is 0 Å². The fourth-order valence-electron chi connectivity index (χ4n) is 3.03. The highest BCUT2D eigenvalue weighted by Gasteiger charge is 2.15. The van der Waals surface area contributed by atoms with Crippen LogP contribution in [-0.4, -0.2) is 31.4 Å². The van der Waals surface area contributed by atoms with E-state index < -0.39 is 0 Å². The maximum Gasteiger partial charge on any atom is 0.236 e. The van der Waals surface area contributed by atoms with E-state index in [1.807, 2.05) is 53.2 Å². The van der Waals surface area contributed by atoms with Crippen molar-refractivity contribution in [2.75, 3.05) is 11.1 Å². The molecule has 162 valence electrons. The van der Waals surface area contributed by atoms with Crippen molar-refractivity contribution in [3.63, 3.8) is 0 Å². The van der Waals surface area contributed by atoms with Gasteiger partial charge in [-0.2, -0.15) is 0 Å². The molecular weight excluding hydrogens is 506 g/mol. The Hall–Kier alpha value is -2.75. The molecule has 0 aliphatic rings. The highest BCUT2D eigenvalue weighted by Crippen LogP contribution is 2.25. The quantitative estimate of drug-likeness (QED) is 0.225. The molecule has 4 aromatic rings. The predicted molar refractivity (Wildman–Crippen MR) is 134 cm³/mol. The number of rotatable bonds is 9. The number of carbonyl (C=O) groups excluding carboxylic acids is 1. The molecule has 32 heavy (non-hydrogen) atoms. The summed E-state index contributed by atoms with van der Waals surface area (Å²) in [5, 5.41) is 12.7. The van der Waals surface area contributed by atoms with Gasteiger partial charge in [0, 0.05) is 34.1 Å². The van der Waals surface area contributed by atoms with Gasteiger partial charge in [-0.1, -0.05) is 76.2 Å².